The fraction of sp³-hybridized carbons (Fsp3) is 0.172. The number of nitrogens with zero attached hydrogens (tertiary/aromatic N) is 2. The molecule has 1 fully saturated rings. The van der Waals surface area contributed by atoms with Gasteiger partial charge in [-0.15, -0.1) is 0 Å². The SMILES string of the molecule is O=C(O[C@H](C(=O)c1ccccc1)c1ccc([N+](=O)[O-])cc1)c1ccc(N2C(=O)[C@H]3CC=CC[C@@H]3C2=O)cc1. The van der Waals surface area contributed by atoms with Crippen molar-refractivity contribution in [1.29, 1.82) is 0 Å². The topological polar surface area (TPSA) is 124 Å². The van der Waals surface area contributed by atoms with Gasteiger partial charge in [-0.3, -0.25) is 29.4 Å². The van der Waals surface area contributed by atoms with Gasteiger partial charge in [-0.05, 0) is 49.2 Å². The molecule has 0 saturated carbocycles. The molecule has 0 bridgehead atoms. The summed E-state index contributed by atoms with van der Waals surface area (Å²) in [7, 11) is 0. The highest BCUT2D eigenvalue weighted by molar-refractivity contribution is 6.22. The maximum Gasteiger partial charge on any atom is 0.339 e. The molecule has 3 atom stereocenters. The van der Waals surface area contributed by atoms with Crippen molar-refractivity contribution < 1.29 is 28.8 Å². The van der Waals surface area contributed by atoms with Crippen LogP contribution in [-0.4, -0.2) is 28.5 Å². The van der Waals surface area contributed by atoms with E-state index in [9.17, 15) is 29.3 Å². The van der Waals surface area contributed by atoms with Crippen molar-refractivity contribution in [2.45, 2.75) is 18.9 Å². The predicted molar refractivity (Wildman–Crippen MR) is 136 cm³/mol. The summed E-state index contributed by atoms with van der Waals surface area (Å²) >= 11 is 0. The Morgan fingerprint density at radius 1 is 0.816 bits per heavy atom. The average Bonchev–Trinajstić information content (AvgIpc) is 3.21. The first kappa shape index (κ1) is 24.8. The van der Waals surface area contributed by atoms with E-state index < -0.39 is 22.8 Å². The van der Waals surface area contributed by atoms with Crippen molar-refractivity contribution in [1.82, 2.24) is 0 Å². The van der Waals surface area contributed by atoms with Gasteiger partial charge in [0.15, 0.2) is 6.10 Å². The lowest BCUT2D eigenvalue weighted by atomic mass is 9.85. The van der Waals surface area contributed by atoms with Crippen LogP contribution in [0.15, 0.2) is 91.0 Å². The van der Waals surface area contributed by atoms with Crippen molar-refractivity contribution >= 4 is 34.9 Å². The number of rotatable bonds is 7. The first-order valence-corrected chi connectivity index (χ1v) is 12.0. The van der Waals surface area contributed by atoms with E-state index >= 15 is 0 Å². The van der Waals surface area contributed by atoms with Crippen molar-refractivity contribution in [3.05, 3.63) is 118 Å². The molecule has 3 aromatic carbocycles. The van der Waals surface area contributed by atoms with Crippen LogP contribution in [0.1, 0.15) is 45.2 Å². The highest BCUT2D eigenvalue weighted by atomic mass is 16.6. The van der Waals surface area contributed by atoms with Crippen molar-refractivity contribution in [2.24, 2.45) is 11.8 Å². The summed E-state index contributed by atoms with van der Waals surface area (Å²) in [5.74, 6) is -2.56. The summed E-state index contributed by atoms with van der Waals surface area (Å²) in [4.78, 5) is 63.7. The molecule has 190 valence electrons. The number of carbonyl (C=O) groups excluding carboxylic acids is 4. The number of ether oxygens (including phenoxy) is 1. The number of allylic oxidation sites excluding steroid dienone is 2. The Kier molecular flexibility index (Phi) is 6.66. The van der Waals surface area contributed by atoms with E-state index in [-0.39, 0.29) is 40.5 Å². The van der Waals surface area contributed by atoms with Gasteiger partial charge in [-0.25, -0.2) is 4.79 Å². The number of amides is 2. The van der Waals surface area contributed by atoms with E-state index in [2.05, 4.69) is 0 Å². The second-order valence-electron chi connectivity index (χ2n) is 9.08. The number of imide groups is 1. The normalized spacial score (nSPS) is 19.1. The average molecular weight is 511 g/mol. The molecule has 0 unspecified atom stereocenters. The third-order valence-corrected chi connectivity index (χ3v) is 6.80. The number of hydrogen-bond donors (Lipinski definition) is 0. The Morgan fingerprint density at radius 2 is 1.39 bits per heavy atom. The van der Waals surface area contributed by atoms with Gasteiger partial charge in [0, 0.05) is 23.3 Å². The van der Waals surface area contributed by atoms with Crippen LogP contribution in [0.2, 0.25) is 0 Å². The summed E-state index contributed by atoms with van der Waals surface area (Å²) in [6.45, 7) is 0. The Balaban J connectivity index is 1.38. The number of esters is 1. The van der Waals surface area contributed by atoms with Gasteiger partial charge in [0.05, 0.1) is 28.0 Å². The molecule has 9 heteroatoms. The summed E-state index contributed by atoms with van der Waals surface area (Å²) in [5, 5.41) is 11.0. The molecule has 0 N–H and O–H groups in total. The third kappa shape index (κ3) is 4.61. The van der Waals surface area contributed by atoms with E-state index in [0.29, 0.717) is 24.1 Å². The molecule has 0 spiro atoms. The zero-order valence-corrected chi connectivity index (χ0v) is 20.1. The maximum absolute atomic E-state index is 13.3. The number of ketones is 1. The molecule has 1 aliphatic heterocycles. The van der Waals surface area contributed by atoms with Crippen LogP contribution < -0.4 is 4.90 Å². The van der Waals surface area contributed by atoms with Gasteiger partial charge in [-0.2, -0.15) is 0 Å². The van der Waals surface area contributed by atoms with Gasteiger partial charge < -0.3 is 4.74 Å². The minimum absolute atomic E-state index is 0.111. The fourth-order valence-corrected chi connectivity index (χ4v) is 4.77. The van der Waals surface area contributed by atoms with Gasteiger partial charge in [0.25, 0.3) is 5.69 Å². The number of nitro groups is 1. The number of fused-ring (bicyclic) bond motifs is 1. The molecule has 0 aromatic heterocycles. The first-order valence-electron chi connectivity index (χ1n) is 12.0. The highest BCUT2D eigenvalue weighted by Crippen LogP contribution is 2.37. The second-order valence-corrected chi connectivity index (χ2v) is 9.08. The lowest BCUT2D eigenvalue weighted by Crippen LogP contribution is -2.30. The first-order chi connectivity index (χ1) is 18.3. The third-order valence-electron chi connectivity index (χ3n) is 6.80. The molecule has 1 aliphatic carbocycles. The predicted octanol–water partition coefficient (Wildman–Crippen LogP) is 4.83. The smallest absolute Gasteiger partial charge is 0.339 e. The quantitative estimate of drug-likeness (QED) is 0.111. The van der Waals surface area contributed by atoms with E-state index in [0.717, 1.165) is 4.90 Å². The second kappa shape index (κ2) is 10.2. The molecule has 2 aliphatic rings. The van der Waals surface area contributed by atoms with Crippen molar-refractivity contribution in [3.63, 3.8) is 0 Å². The van der Waals surface area contributed by atoms with Gasteiger partial charge >= 0.3 is 5.97 Å². The Morgan fingerprint density at radius 3 is 1.95 bits per heavy atom. The molecule has 5 rings (SSSR count). The summed E-state index contributed by atoms with van der Waals surface area (Å²) in [6.07, 6.45) is 3.52. The van der Waals surface area contributed by atoms with Crippen LogP contribution in [0.5, 0.6) is 0 Å². The molecule has 3 aromatic rings. The minimum Gasteiger partial charge on any atom is -0.445 e. The molecule has 1 saturated heterocycles. The number of benzene rings is 3. The molecule has 9 nitrogen and oxygen atoms in total. The lowest BCUT2D eigenvalue weighted by molar-refractivity contribution is -0.384. The Bertz CT molecular complexity index is 1420. The van der Waals surface area contributed by atoms with E-state index in [1.165, 1.54) is 48.5 Å². The molecule has 0 radical (unpaired) electrons. The number of hydrogen-bond acceptors (Lipinski definition) is 7. The maximum atomic E-state index is 13.3. The number of nitro benzene ring substituents is 1. The molecule has 1 heterocycles. The van der Waals surface area contributed by atoms with Crippen molar-refractivity contribution in [2.75, 3.05) is 4.90 Å². The van der Waals surface area contributed by atoms with Crippen LogP contribution in [0.25, 0.3) is 0 Å². The fourth-order valence-electron chi connectivity index (χ4n) is 4.77. The van der Waals surface area contributed by atoms with Crippen LogP contribution in [-0.2, 0) is 14.3 Å². The molecule has 38 heavy (non-hydrogen) atoms. The zero-order valence-electron chi connectivity index (χ0n) is 20.1. The van der Waals surface area contributed by atoms with E-state index in [1.54, 1.807) is 30.3 Å². The number of non-ortho nitro benzene ring substituents is 1. The lowest BCUT2D eigenvalue weighted by Gasteiger charge is -2.18. The summed E-state index contributed by atoms with van der Waals surface area (Å²) in [5.41, 5.74) is 0.890. The summed E-state index contributed by atoms with van der Waals surface area (Å²) in [6, 6.07) is 19.3. The Labute approximate surface area is 217 Å². The van der Waals surface area contributed by atoms with Gasteiger partial charge in [0.2, 0.25) is 17.6 Å². The standard InChI is InChI=1S/C29H22N2O7/c32-25(18-6-2-1-3-7-18)26(19-10-16-22(17-11-19)31(36)37)38-29(35)20-12-14-21(15-13-20)30-27(33)23-8-4-5-9-24(23)28(30)34/h1-7,10-17,23-24,26H,8-9H2/t23-,24-,26-/m0/s1. The van der Waals surface area contributed by atoms with Crippen LogP contribution in [0.4, 0.5) is 11.4 Å². The molecular formula is C29H22N2O7. The highest BCUT2D eigenvalue weighted by Gasteiger charge is 2.47. The Hall–Kier alpha value is -4.92. The van der Waals surface area contributed by atoms with Crippen molar-refractivity contribution in [3.8, 4) is 0 Å². The van der Waals surface area contributed by atoms with Crippen LogP contribution in [0.3, 0.4) is 0 Å². The zero-order chi connectivity index (χ0) is 26.8. The van der Waals surface area contributed by atoms with E-state index in [1.807, 2.05) is 12.2 Å². The van der Waals surface area contributed by atoms with Gasteiger partial charge in [-0.1, -0.05) is 42.5 Å². The number of carbonyl (C=O) groups is 4. The van der Waals surface area contributed by atoms with Crippen LogP contribution >= 0.6 is 0 Å². The van der Waals surface area contributed by atoms with E-state index in [4.69, 9.17) is 4.74 Å². The largest absolute Gasteiger partial charge is 0.445 e. The minimum atomic E-state index is -1.34. The molecular weight excluding hydrogens is 488 g/mol. The van der Waals surface area contributed by atoms with Gasteiger partial charge in [0.1, 0.15) is 0 Å². The van der Waals surface area contributed by atoms with Crippen LogP contribution in [0, 0.1) is 22.0 Å². The number of anilines is 1. The molecule has 2 amide bonds. The number of Topliss-reactive ketones (excluding diaryl/α,β-unsaturated/α-hetero) is 1. The monoisotopic (exact) mass is 510 g/mol. The summed E-state index contributed by atoms with van der Waals surface area (Å²) < 4.78 is 5.61.